The number of Topliss-reactive ketones (excluding diaryl/α,β-unsaturated/α-hetero) is 1. The molecule has 0 saturated carbocycles. The fourth-order valence-corrected chi connectivity index (χ4v) is 1.41. The molecule has 1 atom stereocenters. The van der Waals surface area contributed by atoms with Crippen molar-refractivity contribution in [3.05, 3.63) is 34.9 Å². The molecule has 0 aliphatic heterocycles. The predicted octanol–water partition coefficient (Wildman–Crippen LogP) is 1.33. The Morgan fingerprint density at radius 1 is 1.43 bits per heavy atom. The van der Waals surface area contributed by atoms with E-state index in [0.717, 1.165) is 11.1 Å². The van der Waals surface area contributed by atoms with Crippen LogP contribution in [0.1, 0.15) is 28.4 Å². The summed E-state index contributed by atoms with van der Waals surface area (Å²) in [6, 6.07) is 5.65. The molecule has 3 heteroatoms. The minimum Gasteiger partial charge on any atom is -0.322 e. The molecule has 14 heavy (non-hydrogen) atoms. The van der Waals surface area contributed by atoms with Gasteiger partial charge in [-0.2, -0.15) is 0 Å². The summed E-state index contributed by atoms with van der Waals surface area (Å²) in [5.41, 5.74) is 8.48. The molecule has 0 aliphatic carbocycles. The van der Waals surface area contributed by atoms with Crippen molar-refractivity contribution in [3.63, 3.8) is 0 Å². The summed E-state index contributed by atoms with van der Waals surface area (Å²) in [4.78, 5) is 11.9. The van der Waals surface area contributed by atoms with Crippen LogP contribution in [0.3, 0.4) is 0 Å². The second kappa shape index (κ2) is 3.67. The zero-order chi connectivity index (χ0) is 10.9. The van der Waals surface area contributed by atoms with E-state index in [9.17, 15) is 4.79 Å². The molecule has 0 saturated heterocycles. The molecular weight excluding hydrogens is 190 g/mol. The van der Waals surface area contributed by atoms with Gasteiger partial charge in [-0.1, -0.05) is 18.2 Å². The molecule has 0 fully saturated rings. The maximum absolute atomic E-state index is 11.9. The highest BCUT2D eigenvalue weighted by atomic mass is 28.1. The number of benzene rings is 1. The number of hydrogen-bond donors (Lipinski definition) is 1. The summed E-state index contributed by atoms with van der Waals surface area (Å²) >= 11 is 0. The Morgan fingerprint density at radius 2 is 2.00 bits per heavy atom. The molecule has 73 valence electrons. The van der Waals surface area contributed by atoms with E-state index in [1.807, 2.05) is 26.0 Å². The van der Waals surface area contributed by atoms with Crippen LogP contribution in [0.25, 0.3) is 0 Å². The molecule has 3 radical (unpaired) electrons. The van der Waals surface area contributed by atoms with E-state index in [4.69, 9.17) is 5.73 Å². The smallest absolute Gasteiger partial charge is 0.178 e. The normalized spacial score (nSPS) is 14.9. The number of rotatable bonds is 2. The summed E-state index contributed by atoms with van der Waals surface area (Å²) in [5.74, 6) is -0.0876. The maximum Gasteiger partial charge on any atom is 0.178 e. The molecule has 1 aromatic carbocycles. The molecule has 0 heterocycles. The second-order valence-corrected chi connectivity index (χ2v) is 4.82. The van der Waals surface area contributed by atoms with Crippen LogP contribution < -0.4 is 5.73 Å². The van der Waals surface area contributed by atoms with Crippen molar-refractivity contribution in [3.8, 4) is 0 Å². The average molecular weight is 204 g/mol. The Labute approximate surface area is 87.9 Å². The zero-order valence-electron chi connectivity index (χ0n) is 8.72. The lowest BCUT2D eigenvalue weighted by Gasteiger charge is -2.18. The van der Waals surface area contributed by atoms with Crippen molar-refractivity contribution >= 4 is 16.0 Å². The Bertz CT molecular complexity index is 366. The third-order valence-electron chi connectivity index (χ3n) is 2.32. The molecule has 2 nitrogen and oxygen atoms in total. The first-order valence-electron chi connectivity index (χ1n) is 4.49. The number of ketones is 1. The number of nitrogens with two attached hydrogens (primary N) is 1. The van der Waals surface area contributed by atoms with Gasteiger partial charge in [0.15, 0.2) is 5.78 Å². The summed E-state index contributed by atoms with van der Waals surface area (Å²) in [5, 5.41) is -0.988. The first-order chi connectivity index (χ1) is 6.34. The molecule has 1 rings (SSSR count). The Hall–Kier alpha value is -0.933. The Kier molecular flexibility index (Phi) is 2.92. The molecule has 1 unspecified atom stereocenters. The van der Waals surface area contributed by atoms with E-state index in [0.29, 0.717) is 5.56 Å². The minimum absolute atomic E-state index is 0.0876. The minimum atomic E-state index is -0.988. The summed E-state index contributed by atoms with van der Waals surface area (Å²) in [7, 11) is 3.22. The summed E-state index contributed by atoms with van der Waals surface area (Å²) in [6.45, 7) is 5.56. The van der Waals surface area contributed by atoms with Crippen LogP contribution in [0.4, 0.5) is 0 Å². The van der Waals surface area contributed by atoms with Crippen molar-refractivity contribution in [1.29, 1.82) is 0 Å². The topological polar surface area (TPSA) is 43.1 Å². The highest BCUT2D eigenvalue weighted by molar-refractivity contribution is 6.32. The monoisotopic (exact) mass is 204 g/mol. The first-order valence-corrected chi connectivity index (χ1v) is 4.99. The highest BCUT2D eigenvalue weighted by Crippen LogP contribution is 2.16. The van der Waals surface area contributed by atoms with Gasteiger partial charge in [0.2, 0.25) is 0 Å². The van der Waals surface area contributed by atoms with Gasteiger partial charge in [0.05, 0.1) is 15.4 Å². The van der Waals surface area contributed by atoms with Gasteiger partial charge in [0.25, 0.3) is 0 Å². The zero-order valence-corrected chi connectivity index (χ0v) is 9.72. The lowest BCUT2D eigenvalue weighted by Crippen LogP contribution is -2.45. The number of hydrogen-bond acceptors (Lipinski definition) is 2. The van der Waals surface area contributed by atoms with Crippen molar-refractivity contribution < 1.29 is 4.79 Å². The summed E-state index contributed by atoms with van der Waals surface area (Å²) in [6.07, 6.45) is 0. The van der Waals surface area contributed by atoms with Crippen molar-refractivity contribution in [2.45, 2.75) is 25.9 Å². The van der Waals surface area contributed by atoms with Gasteiger partial charge in [-0.15, -0.1) is 0 Å². The SMILES string of the molecule is Cc1cccc(C(=O)C(C)(N)[Si])c1C. The van der Waals surface area contributed by atoms with Gasteiger partial charge < -0.3 is 5.73 Å². The van der Waals surface area contributed by atoms with E-state index >= 15 is 0 Å². The van der Waals surface area contributed by atoms with Crippen LogP contribution in [0.15, 0.2) is 18.2 Å². The maximum atomic E-state index is 11.9. The van der Waals surface area contributed by atoms with Crippen molar-refractivity contribution in [2.24, 2.45) is 5.73 Å². The van der Waals surface area contributed by atoms with E-state index in [1.165, 1.54) is 0 Å². The fraction of sp³-hybridized carbons (Fsp3) is 0.364. The Morgan fingerprint density at radius 3 is 2.50 bits per heavy atom. The van der Waals surface area contributed by atoms with Crippen LogP contribution in [0.2, 0.25) is 0 Å². The lowest BCUT2D eigenvalue weighted by molar-refractivity contribution is 0.0948. The third-order valence-corrected chi connectivity index (χ3v) is 2.55. The van der Waals surface area contributed by atoms with Crippen LogP contribution in [-0.2, 0) is 0 Å². The quantitative estimate of drug-likeness (QED) is 0.583. The van der Waals surface area contributed by atoms with E-state index < -0.39 is 5.16 Å². The van der Waals surface area contributed by atoms with Gasteiger partial charge in [-0.05, 0) is 31.9 Å². The van der Waals surface area contributed by atoms with E-state index in [1.54, 1.807) is 13.0 Å². The molecule has 1 aromatic rings. The molecule has 0 aromatic heterocycles. The van der Waals surface area contributed by atoms with Crippen molar-refractivity contribution in [2.75, 3.05) is 0 Å². The van der Waals surface area contributed by atoms with Crippen LogP contribution in [-0.4, -0.2) is 21.2 Å². The predicted molar refractivity (Wildman–Crippen MR) is 58.6 cm³/mol. The van der Waals surface area contributed by atoms with E-state index in [-0.39, 0.29) is 5.78 Å². The standard InChI is InChI=1S/C11H14NOSi/c1-7-5-4-6-9(8(7)2)10(13)11(3,12)14/h4-6H,12H2,1-3H3. The third kappa shape index (κ3) is 2.11. The van der Waals surface area contributed by atoms with Gasteiger partial charge in [0.1, 0.15) is 0 Å². The van der Waals surface area contributed by atoms with Crippen LogP contribution in [0, 0.1) is 13.8 Å². The lowest BCUT2D eigenvalue weighted by atomic mass is 9.97. The highest BCUT2D eigenvalue weighted by Gasteiger charge is 2.24. The number of carbonyl (C=O) groups excluding carboxylic acids is 1. The van der Waals surface area contributed by atoms with Gasteiger partial charge in [-0.3, -0.25) is 4.79 Å². The molecular formula is C11H14NOSi. The molecule has 0 spiro atoms. The molecule has 2 N–H and O–H groups in total. The molecule has 0 amide bonds. The summed E-state index contributed by atoms with van der Waals surface area (Å²) < 4.78 is 0. The fourth-order valence-electron chi connectivity index (χ4n) is 1.28. The molecule has 0 aliphatic rings. The van der Waals surface area contributed by atoms with Gasteiger partial charge in [-0.25, -0.2) is 0 Å². The average Bonchev–Trinajstić information content (AvgIpc) is 2.07. The largest absolute Gasteiger partial charge is 0.322 e. The van der Waals surface area contributed by atoms with Gasteiger partial charge >= 0.3 is 0 Å². The Balaban J connectivity index is 3.21. The first kappa shape index (κ1) is 11.1. The number of carbonyl (C=O) groups is 1. The molecule has 0 bridgehead atoms. The van der Waals surface area contributed by atoms with Crippen molar-refractivity contribution in [1.82, 2.24) is 0 Å². The van der Waals surface area contributed by atoms with Crippen LogP contribution in [0.5, 0.6) is 0 Å². The van der Waals surface area contributed by atoms with Gasteiger partial charge in [0, 0.05) is 5.56 Å². The van der Waals surface area contributed by atoms with Crippen LogP contribution >= 0.6 is 0 Å². The number of aryl methyl sites for hydroxylation is 1. The van der Waals surface area contributed by atoms with E-state index in [2.05, 4.69) is 10.2 Å². The second-order valence-electron chi connectivity index (χ2n) is 3.78.